The Hall–Kier alpha value is 0.730. The molecule has 0 aromatic carbocycles. The Morgan fingerprint density at radius 1 is 1.30 bits per heavy atom. The van der Waals surface area contributed by atoms with Crippen LogP contribution >= 0.6 is 0 Å². The van der Waals surface area contributed by atoms with Gasteiger partial charge in [-0.3, -0.25) is 4.79 Å². The van der Waals surface area contributed by atoms with Gasteiger partial charge in [-0.15, -0.1) is 0 Å². The quantitative estimate of drug-likeness (QED) is 0.623. The molecule has 0 aliphatic carbocycles. The first-order valence-corrected chi connectivity index (χ1v) is 3.58. The average Bonchev–Trinajstić information content (AvgIpc) is 1.85. The molecule has 0 saturated carbocycles. The molecular weight excluding hydrogens is 154 g/mol. The van der Waals surface area contributed by atoms with Crippen LogP contribution in [0, 0.1) is 0 Å². The Labute approximate surface area is 92.8 Å². The molecule has 0 unspecified atom stereocenters. The van der Waals surface area contributed by atoms with Crippen LogP contribution in [-0.4, -0.2) is 50.2 Å². The largest absolute Gasteiger partial charge is 0.356 e. The third-order valence-corrected chi connectivity index (χ3v) is 1.05. The number of amides is 1. The first-order valence-electron chi connectivity index (χ1n) is 3.58. The standard InChI is InChI=1S/C7H15NO.Ca/c1-3-5-7(9)8-6-4-2;/h3-6H2,1-2H3,(H,8,9);. The summed E-state index contributed by atoms with van der Waals surface area (Å²) in [6.45, 7) is 4.87. The van der Waals surface area contributed by atoms with Gasteiger partial charge in [-0.25, -0.2) is 0 Å². The summed E-state index contributed by atoms with van der Waals surface area (Å²) in [7, 11) is 0. The third-order valence-electron chi connectivity index (χ3n) is 1.05. The smallest absolute Gasteiger partial charge is 0.219 e. The summed E-state index contributed by atoms with van der Waals surface area (Å²) in [5.74, 6) is 0.180. The van der Waals surface area contributed by atoms with E-state index in [2.05, 4.69) is 5.32 Å². The predicted octanol–water partition coefficient (Wildman–Crippen LogP) is 0.932. The van der Waals surface area contributed by atoms with E-state index in [0.29, 0.717) is 6.42 Å². The van der Waals surface area contributed by atoms with Crippen molar-refractivity contribution in [2.24, 2.45) is 0 Å². The van der Waals surface area contributed by atoms with Crippen LogP contribution in [0.4, 0.5) is 0 Å². The molecule has 0 aliphatic rings. The maximum Gasteiger partial charge on any atom is 0.219 e. The number of rotatable bonds is 4. The SMILES string of the molecule is CCCNC(=O)CCC.[Ca]. The van der Waals surface area contributed by atoms with Gasteiger partial charge in [0.25, 0.3) is 0 Å². The number of nitrogens with one attached hydrogen (secondary N) is 1. The van der Waals surface area contributed by atoms with Crippen LogP contribution in [0.15, 0.2) is 0 Å². The van der Waals surface area contributed by atoms with Crippen LogP contribution in [0.1, 0.15) is 33.1 Å². The molecule has 0 atom stereocenters. The van der Waals surface area contributed by atoms with Crippen molar-refractivity contribution in [3.8, 4) is 0 Å². The maximum atomic E-state index is 10.7. The molecule has 0 fully saturated rings. The zero-order valence-corrected chi connectivity index (χ0v) is 9.15. The zero-order chi connectivity index (χ0) is 7.11. The van der Waals surface area contributed by atoms with Crippen LogP contribution in [0.2, 0.25) is 0 Å². The minimum absolute atomic E-state index is 0. The summed E-state index contributed by atoms with van der Waals surface area (Å²) in [6, 6.07) is 0. The number of hydrogen-bond donors (Lipinski definition) is 1. The van der Waals surface area contributed by atoms with E-state index in [9.17, 15) is 4.79 Å². The van der Waals surface area contributed by atoms with E-state index in [1.165, 1.54) is 0 Å². The molecule has 0 rings (SSSR count). The molecule has 0 heterocycles. The van der Waals surface area contributed by atoms with E-state index in [4.69, 9.17) is 0 Å². The van der Waals surface area contributed by atoms with Gasteiger partial charge in [0.1, 0.15) is 0 Å². The summed E-state index contributed by atoms with van der Waals surface area (Å²) in [5.41, 5.74) is 0. The Kier molecular flexibility index (Phi) is 13.0. The molecular formula is C7H15CaNO. The molecule has 1 amide bonds. The van der Waals surface area contributed by atoms with Crippen molar-refractivity contribution in [1.82, 2.24) is 5.32 Å². The first kappa shape index (κ1) is 13.3. The Balaban J connectivity index is 0. The second kappa shape index (κ2) is 9.73. The topological polar surface area (TPSA) is 29.1 Å². The van der Waals surface area contributed by atoms with E-state index >= 15 is 0 Å². The van der Waals surface area contributed by atoms with E-state index in [1.54, 1.807) is 0 Å². The summed E-state index contributed by atoms with van der Waals surface area (Å²) in [6.07, 6.45) is 2.63. The number of hydrogen-bond acceptors (Lipinski definition) is 1. The van der Waals surface area contributed by atoms with Crippen LogP contribution in [0.25, 0.3) is 0 Å². The van der Waals surface area contributed by atoms with Crippen molar-refractivity contribution < 1.29 is 4.79 Å². The normalized spacial score (nSPS) is 8.20. The van der Waals surface area contributed by atoms with E-state index in [-0.39, 0.29) is 43.6 Å². The van der Waals surface area contributed by atoms with Gasteiger partial charge in [-0.1, -0.05) is 13.8 Å². The molecule has 0 aromatic rings. The van der Waals surface area contributed by atoms with Gasteiger partial charge in [-0.05, 0) is 12.8 Å². The molecule has 10 heavy (non-hydrogen) atoms. The second-order valence-corrected chi connectivity index (χ2v) is 2.10. The van der Waals surface area contributed by atoms with Crippen LogP contribution in [0.3, 0.4) is 0 Å². The summed E-state index contributed by atoms with van der Waals surface area (Å²) in [5, 5.41) is 2.79. The summed E-state index contributed by atoms with van der Waals surface area (Å²) in [4.78, 5) is 10.7. The Morgan fingerprint density at radius 3 is 2.30 bits per heavy atom. The maximum absolute atomic E-state index is 10.7. The number of carbonyl (C=O) groups is 1. The van der Waals surface area contributed by atoms with Crippen molar-refractivity contribution in [3.05, 3.63) is 0 Å². The van der Waals surface area contributed by atoms with Crippen molar-refractivity contribution in [1.29, 1.82) is 0 Å². The molecule has 0 aromatic heterocycles. The molecule has 2 radical (unpaired) electrons. The minimum atomic E-state index is 0. The molecule has 0 spiro atoms. The van der Waals surface area contributed by atoms with Crippen molar-refractivity contribution in [3.63, 3.8) is 0 Å². The van der Waals surface area contributed by atoms with Crippen LogP contribution in [-0.2, 0) is 4.79 Å². The zero-order valence-electron chi connectivity index (χ0n) is 6.94. The van der Waals surface area contributed by atoms with E-state index in [0.717, 1.165) is 19.4 Å². The van der Waals surface area contributed by atoms with Gasteiger partial charge in [0.05, 0.1) is 0 Å². The van der Waals surface area contributed by atoms with Gasteiger partial charge in [-0.2, -0.15) is 0 Å². The first-order chi connectivity index (χ1) is 4.31. The van der Waals surface area contributed by atoms with Crippen molar-refractivity contribution in [2.75, 3.05) is 6.54 Å². The fourth-order valence-corrected chi connectivity index (χ4v) is 0.580. The molecule has 0 aliphatic heterocycles. The summed E-state index contributed by atoms with van der Waals surface area (Å²) >= 11 is 0. The van der Waals surface area contributed by atoms with Gasteiger partial charge in [0, 0.05) is 50.7 Å². The molecule has 0 saturated heterocycles. The van der Waals surface area contributed by atoms with Crippen molar-refractivity contribution in [2.45, 2.75) is 33.1 Å². The molecule has 1 N–H and O–H groups in total. The van der Waals surface area contributed by atoms with Gasteiger partial charge in [0.15, 0.2) is 0 Å². The van der Waals surface area contributed by atoms with Gasteiger partial charge < -0.3 is 5.32 Å². The molecule has 56 valence electrons. The Morgan fingerprint density at radius 2 is 1.90 bits per heavy atom. The fourth-order valence-electron chi connectivity index (χ4n) is 0.580. The predicted molar refractivity (Wildman–Crippen MR) is 44.0 cm³/mol. The molecule has 2 nitrogen and oxygen atoms in total. The van der Waals surface area contributed by atoms with Crippen LogP contribution in [0.5, 0.6) is 0 Å². The van der Waals surface area contributed by atoms with Crippen molar-refractivity contribution >= 4 is 43.6 Å². The van der Waals surface area contributed by atoms with Gasteiger partial charge in [0.2, 0.25) is 5.91 Å². The van der Waals surface area contributed by atoms with E-state index < -0.39 is 0 Å². The summed E-state index contributed by atoms with van der Waals surface area (Å²) < 4.78 is 0. The fraction of sp³-hybridized carbons (Fsp3) is 0.857. The third kappa shape index (κ3) is 8.73. The minimum Gasteiger partial charge on any atom is -0.356 e. The second-order valence-electron chi connectivity index (χ2n) is 2.10. The monoisotopic (exact) mass is 169 g/mol. The average molecular weight is 169 g/mol. The van der Waals surface area contributed by atoms with Gasteiger partial charge >= 0.3 is 0 Å². The number of carbonyl (C=O) groups excluding carboxylic acids is 1. The van der Waals surface area contributed by atoms with E-state index in [1.807, 2.05) is 13.8 Å². The molecule has 3 heteroatoms. The van der Waals surface area contributed by atoms with Crippen LogP contribution < -0.4 is 5.32 Å². The molecule has 0 bridgehead atoms. The Bertz CT molecular complexity index is 85.7.